The van der Waals surface area contributed by atoms with E-state index >= 15 is 0 Å². The Morgan fingerprint density at radius 3 is 3.03 bits per heavy atom. The highest BCUT2D eigenvalue weighted by molar-refractivity contribution is 5.83. The third-order valence-electron chi connectivity index (χ3n) is 6.14. The monoisotopic (exact) mass is 476 g/mol. The number of aromatic nitrogens is 1. The highest BCUT2D eigenvalue weighted by Crippen LogP contribution is 2.30. The number of pyridine rings is 1. The number of nitrogens with zero attached hydrogens (tertiary/aromatic N) is 2. The lowest BCUT2D eigenvalue weighted by molar-refractivity contribution is 0.0962. The smallest absolute Gasteiger partial charge is 0.417 e. The number of methoxy groups -OCH3 is 1. The van der Waals surface area contributed by atoms with Crippen LogP contribution in [0.4, 0.5) is 4.79 Å². The SMILES string of the molecule is COc1ccc2nccc(COCCCC3CN(C4=COC=C(C5=CC=CCC5)O4)C(=O)O3)c2c1. The summed E-state index contributed by atoms with van der Waals surface area (Å²) in [4.78, 5) is 18.3. The van der Waals surface area contributed by atoms with Gasteiger partial charge in [0.1, 0.15) is 18.1 Å². The van der Waals surface area contributed by atoms with Gasteiger partial charge in [-0.05, 0) is 61.1 Å². The van der Waals surface area contributed by atoms with Crippen LogP contribution >= 0.6 is 0 Å². The molecule has 0 spiro atoms. The maximum Gasteiger partial charge on any atom is 0.417 e. The fourth-order valence-electron chi connectivity index (χ4n) is 4.26. The molecule has 0 bridgehead atoms. The van der Waals surface area contributed by atoms with Crippen LogP contribution in [-0.2, 0) is 25.6 Å². The standard InChI is InChI=1S/C27H28N2O6/c1-31-21-9-10-24-23(14-21)20(11-12-28-24)16-32-13-5-8-22-15-29(27(30)34-22)26-18-33-17-25(35-26)19-6-3-2-4-7-19/h2-3,6,9-12,14,17-18,22H,4-5,7-8,13,15-16H2,1H3. The maximum absolute atomic E-state index is 12.5. The molecule has 1 saturated heterocycles. The highest BCUT2D eigenvalue weighted by atomic mass is 16.6. The first-order valence-electron chi connectivity index (χ1n) is 11.8. The predicted molar refractivity (Wildman–Crippen MR) is 129 cm³/mol. The van der Waals surface area contributed by atoms with Crippen LogP contribution in [0.3, 0.4) is 0 Å². The van der Waals surface area contributed by atoms with Gasteiger partial charge in [0.05, 0.1) is 25.8 Å². The second-order valence-corrected chi connectivity index (χ2v) is 8.50. The number of rotatable bonds is 9. The number of fused-ring (bicyclic) bond motifs is 1. The number of allylic oxidation sites excluding steroid dienone is 4. The number of amides is 1. The van der Waals surface area contributed by atoms with Gasteiger partial charge in [0.2, 0.25) is 5.88 Å². The van der Waals surface area contributed by atoms with Crippen LogP contribution in [0.25, 0.3) is 10.9 Å². The molecule has 1 aromatic carbocycles. The Morgan fingerprint density at radius 1 is 1.23 bits per heavy atom. The lowest BCUT2D eigenvalue weighted by Crippen LogP contribution is -2.27. The van der Waals surface area contributed by atoms with Crippen molar-refractivity contribution in [3.8, 4) is 5.75 Å². The molecule has 2 aliphatic heterocycles. The molecule has 35 heavy (non-hydrogen) atoms. The van der Waals surface area contributed by atoms with Crippen molar-refractivity contribution in [2.24, 2.45) is 0 Å². The minimum absolute atomic E-state index is 0.229. The van der Waals surface area contributed by atoms with Crippen molar-refractivity contribution in [3.05, 3.63) is 84.0 Å². The fourth-order valence-corrected chi connectivity index (χ4v) is 4.26. The molecule has 1 unspecified atom stereocenters. The van der Waals surface area contributed by atoms with E-state index in [2.05, 4.69) is 11.1 Å². The van der Waals surface area contributed by atoms with E-state index in [1.54, 1.807) is 19.6 Å². The van der Waals surface area contributed by atoms with Gasteiger partial charge in [-0.15, -0.1) is 0 Å². The number of hydrogen-bond donors (Lipinski definition) is 0. The summed E-state index contributed by atoms with van der Waals surface area (Å²) in [6, 6.07) is 7.77. The van der Waals surface area contributed by atoms with Gasteiger partial charge >= 0.3 is 6.09 Å². The average molecular weight is 477 g/mol. The Bertz CT molecular complexity index is 1220. The molecule has 0 N–H and O–H groups in total. The molecular formula is C27H28N2O6. The summed E-state index contributed by atoms with van der Waals surface area (Å²) in [5, 5.41) is 1.02. The normalized spacial score (nSPS) is 19.5. The van der Waals surface area contributed by atoms with Gasteiger partial charge in [-0.2, -0.15) is 0 Å². The molecule has 8 heteroatoms. The Labute approximate surface area is 204 Å². The van der Waals surface area contributed by atoms with E-state index in [-0.39, 0.29) is 6.10 Å². The van der Waals surface area contributed by atoms with Crippen molar-refractivity contribution in [2.75, 3.05) is 20.3 Å². The zero-order chi connectivity index (χ0) is 24.0. The van der Waals surface area contributed by atoms with Gasteiger partial charge in [0, 0.05) is 18.2 Å². The second-order valence-electron chi connectivity index (χ2n) is 8.50. The van der Waals surface area contributed by atoms with Crippen molar-refractivity contribution >= 4 is 17.0 Å². The van der Waals surface area contributed by atoms with Gasteiger partial charge in [0.25, 0.3) is 0 Å². The van der Waals surface area contributed by atoms with Gasteiger partial charge in [0.15, 0.2) is 12.0 Å². The number of carbonyl (C=O) groups is 1. The number of carbonyl (C=O) groups excluding carboxylic acids is 1. The summed E-state index contributed by atoms with van der Waals surface area (Å²) in [5.74, 6) is 1.76. The van der Waals surface area contributed by atoms with Crippen molar-refractivity contribution < 1.29 is 28.5 Å². The summed E-state index contributed by atoms with van der Waals surface area (Å²) in [6.45, 7) is 1.44. The molecule has 3 aliphatic rings. The van der Waals surface area contributed by atoms with Crippen molar-refractivity contribution in [1.29, 1.82) is 0 Å². The van der Waals surface area contributed by atoms with E-state index in [9.17, 15) is 4.79 Å². The molecule has 5 rings (SSSR count). The zero-order valence-corrected chi connectivity index (χ0v) is 19.6. The lowest BCUT2D eigenvalue weighted by Gasteiger charge is -2.23. The number of benzene rings is 1. The highest BCUT2D eigenvalue weighted by Gasteiger charge is 2.36. The van der Waals surface area contributed by atoms with Crippen molar-refractivity contribution in [1.82, 2.24) is 9.88 Å². The number of ether oxygens (including phenoxy) is 5. The zero-order valence-electron chi connectivity index (χ0n) is 19.6. The van der Waals surface area contributed by atoms with E-state index in [0.717, 1.165) is 47.1 Å². The molecule has 0 saturated carbocycles. The van der Waals surface area contributed by atoms with Crippen LogP contribution < -0.4 is 4.74 Å². The van der Waals surface area contributed by atoms with Crippen LogP contribution in [0.15, 0.2) is 78.4 Å². The molecule has 1 atom stereocenters. The summed E-state index contributed by atoms with van der Waals surface area (Å²) in [6.07, 6.45) is 13.5. The third kappa shape index (κ3) is 5.33. The molecule has 1 fully saturated rings. The van der Waals surface area contributed by atoms with Crippen molar-refractivity contribution in [2.45, 2.75) is 38.4 Å². The molecule has 2 aromatic rings. The Balaban J connectivity index is 1.09. The van der Waals surface area contributed by atoms with Gasteiger partial charge in [-0.1, -0.05) is 18.2 Å². The summed E-state index contributed by atoms with van der Waals surface area (Å²) >= 11 is 0. The largest absolute Gasteiger partial charge is 0.497 e. The van der Waals surface area contributed by atoms with Crippen LogP contribution in [-0.4, -0.2) is 42.3 Å². The third-order valence-corrected chi connectivity index (χ3v) is 6.14. The Morgan fingerprint density at radius 2 is 2.17 bits per heavy atom. The topological polar surface area (TPSA) is 79.4 Å². The maximum atomic E-state index is 12.5. The minimum atomic E-state index is -0.429. The van der Waals surface area contributed by atoms with Crippen molar-refractivity contribution in [3.63, 3.8) is 0 Å². The first kappa shape index (κ1) is 23.0. The van der Waals surface area contributed by atoms with Crippen LogP contribution in [0, 0.1) is 0 Å². The van der Waals surface area contributed by atoms with Gasteiger partial charge < -0.3 is 23.7 Å². The summed E-state index contributed by atoms with van der Waals surface area (Å²) in [5.41, 5.74) is 3.00. The van der Waals surface area contributed by atoms with E-state index in [1.165, 1.54) is 11.2 Å². The van der Waals surface area contributed by atoms with Crippen LogP contribution in [0.2, 0.25) is 0 Å². The summed E-state index contributed by atoms with van der Waals surface area (Å²) < 4.78 is 28.2. The first-order chi connectivity index (χ1) is 17.2. The molecule has 3 heterocycles. The quantitative estimate of drug-likeness (QED) is 0.453. The van der Waals surface area contributed by atoms with Gasteiger partial charge in [-0.3, -0.25) is 4.98 Å². The first-order valence-corrected chi connectivity index (χ1v) is 11.8. The Hall–Kier alpha value is -3.78. The van der Waals surface area contributed by atoms with Crippen LogP contribution in [0.5, 0.6) is 5.75 Å². The molecule has 182 valence electrons. The van der Waals surface area contributed by atoms with E-state index in [1.807, 2.05) is 36.4 Å². The Kier molecular flexibility index (Phi) is 6.99. The molecule has 8 nitrogen and oxygen atoms in total. The van der Waals surface area contributed by atoms with Crippen LogP contribution in [0.1, 0.15) is 31.2 Å². The van der Waals surface area contributed by atoms with E-state index in [4.69, 9.17) is 23.7 Å². The molecule has 0 radical (unpaired) electrons. The van der Waals surface area contributed by atoms with Gasteiger partial charge in [-0.25, -0.2) is 9.69 Å². The average Bonchev–Trinajstić information content (AvgIpc) is 3.29. The van der Waals surface area contributed by atoms with E-state index < -0.39 is 6.09 Å². The molecule has 1 amide bonds. The number of hydrogen-bond acceptors (Lipinski definition) is 7. The fraction of sp³-hybridized carbons (Fsp3) is 0.333. The molecule has 1 aliphatic carbocycles. The second kappa shape index (κ2) is 10.7. The molecular weight excluding hydrogens is 448 g/mol. The predicted octanol–water partition coefficient (Wildman–Crippen LogP) is 5.32. The lowest BCUT2D eigenvalue weighted by atomic mass is 10.0. The number of cyclic esters (lactones) is 1. The minimum Gasteiger partial charge on any atom is -0.497 e. The summed E-state index contributed by atoms with van der Waals surface area (Å²) in [7, 11) is 1.65. The van der Waals surface area contributed by atoms with E-state index in [0.29, 0.717) is 37.8 Å². The molecule has 1 aromatic heterocycles.